The van der Waals surface area contributed by atoms with E-state index in [1.807, 2.05) is 45.2 Å². The van der Waals surface area contributed by atoms with Gasteiger partial charge >= 0.3 is 0 Å². The van der Waals surface area contributed by atoms with E-state index in [0.717, 1.165) is 32.9 Å². The number of hydrogen-bond acceptors (Lipinski definition) is 5. The van der Waals surface area contributed by atoms with Crippen molar-refractivity contribution in [1.29, 1.82) is 0 Å². The maximum Gasteiger partial charge on any atom is 0.265 e. The van der Waals surface area contributed by atoms with Gasteiger partial charge in [-0.2, -0.15) is 0 Å². The predicted molar refractivity (Wildman–Crippen MR) is 95.7 cm³/mol. The number of rotatable bonds is 4. The highest BCUT2D eigenvalue weighted by Crippen LogP contribution is 2.28. The van der Waals surface area contributed by atoms with E-state index < -0.39 is 0 Å². The Labute approximate surface area is 144 Å². The van der Waals surface area contributed by atoms with E-state index in [1.54, 1.807) is 18.2 Å². The molecule has 2 heterocycles. The summed E-state index contributed by atoms with van der Waals surface area (Å²) in [5.41, 5.74) is 2.63. The molecule has 3 aromatic rings. The maximum atomic E-state index is 12.7. The Balaban J connectivity index is 1.92. The van der Waals surface area contributed by atoms with Gasteiger partial charge in [0.05, 0.1) is 17.8 Å². The second-order valence-electron chi connectivity index (χ2n) is 5.64. The van der Waals surface area contributed by atoms with Crippen LogP contribution in [-0.2, 0) is 6.54 Å². The number of benzene rings is 1. The van der Waals surface area contributed by atoms with Crippen LogP contribution in [0.1, 0.15) is 25.9 Å². The van der Waals surface area contributed by atoms with E-state index in [2.05, 4.69) is 9.97 Å². The van der Waals surface area contributed by atoms with Crippen molar-refractivity contribution in [1.82, 2.24) is 14.9 Å². The van der Waals surface area contributed by atoms with E-state index in [0.29, 0.717) is 11.4 Å². The van der Waals surface area contributed by atoms with Gasteiger partial charge in [-0.3, -0.25) is 9.78 Å². The normalized spacial score (nSPS) is 10.8. The van der Waals surface area contributed by atoms with Crippen LogP contribution >= 0.6 is 11.3 Å². The third kappa shape index (κ3) is 2.97. The number of hydrogen-bond donors (Lipinski definition) is 0. The molecule has 0 fully saturated rings. The van der Waals surface area contributed by atoms with E-state index in [1.165, 1.54) is 11.3 Å². The van der Waals surface area contributed by atoms with Gasteiger partial charge in [-0.25, -0.2) is 4.98 Å². The minimum Gasteiger partial charge on any atom is -0.494 e. The summed E-state index contributed by atoms with van der Waals surface area (Å²) in [6.07, 6.45) is 1.74. The summed E-state index contributed by atoms with van der Waals surface area (Å²) in [5, 5.41) is 1.90. The van der Waals surface area contributed by atoms with Gasteiger partial charge in [0.15, 0.2) is 0 Å². The first-order chi connectivity index (χ1) is 11.5. The van der Waals surface area contributed by atoms with E-state index in [9.17, 15) is 4.79 Å². The van der Waals surface area contributed by atoms with Crippen LogP contribution in [0.15, 0.2) is 30.5 Å². The molecule has 6 heteroatoms. The van der Waals surface area contributed by atoms with Gasteiger partial charge in [-0.05, 0) is 31.5 Å². The number of ether oxygens (including phenoxy) is 1. The predicted octanol–water partition coefficient (Wildman–Crippen LogP) is 3.59. The average Bonchev–Trinajstić information content (AvgIpc) is 2.92. The van der Waals surface area contributed by atoms with Crippen molar-refractivity contribution in [3.8, 4) is 5.75 Å². The minimum atomic E-state index is -0.00837. The molecular formula is C18H19N3O2S. The van der Waals surface area contributed by atoms with Crippen LogP contribution in [0, 0.1) is 13.8 Å². The fraction of sp³-hybridized carbons (Fsp3) is 0.278. The lowest BCUT2D eigenvalue weighted by Gasteiger charge is -2.18. The van der Waals surface area contributed by atoms with Gasteiger partial charge in [0.2, 0.25) is 0 Å². The Bertz CT molecular complexity index is 904. The Morgan fingerprint density at radius 2 is 2.08 bits per heavy atom. The molecule has 5 nitrogen and oxygen atoms in total. The number of carbonyl (C=O) groups is 1. The van der Waals surface area contributed by atoms with Crippen molar-refractivity contribution in [2.45, 2.75) is 20.4 Å². The molecule has 0 bridgehead atoms. The SMILES string of the molecule is COc1ccc(CN(C)C(=O)c2sc(C)nc2C)c2cccnc12. The van der Waals surface area contributed by atoms with Gasteiger partial charge in [0, 0.05) is 25.2 Å². The second-order valence-corrected chi connectivity index (χ2v) is 6.84. The first-order valence-electron chi connectivity index (χ1n) is 7.61. The summed E-state index contributed by atoms with van der Waals surface area (Å²) in [7, 11) is 3.44. The third-order valence-electron chi connectivity index (χ3n) is 3.89. The highest BCUT2D eigenvalue weighted by atomic mass is 32.1. The molecule has 0 atom stereocenters. The number of aryl methyl sites for hydroxylation is 2. The van der Waals surface area contributed by atoms with E-state index in [4.69, 9.17) is 4.74 Å². The number of amides is 1. The lowest BCUT2D eigenvalue weighted by Crippen LogP contribution is -2.26. The summed E-state index contributed by atoms with van der Waals surface area (Å²) in [4.78, 5) is 23.9. The molecule has 0 spiro atoms. The Morgan fingerprint density at radius 3 is 2.75 bits per heavy atom. The molecule has 3 rings (SSSR count). The quantitative estimate of drug-likeness (QED) is 0.728. The molecule has 0 aliphatic carbocycles. The van der Waals surface area contributed by atoms with Crippen LogP contribution in [-0.4, -0.2) is 34.9 Å². The number of thiazole rings is 1. The number of carbonyl (C=O) groups excluding carboxylic acids is 1. The molecule has 0 saturated heterocycles. The van der Waals surface area contributed by atoms with Gasteiger partial charge in [-0.1, -0.05) is 12.1 Å². The third-order valence-corrected chi connectivity index (χ3v) is 4.96. The Morgan fingerprint density at radius 1 is 1.29 bits per heavy atom. The van der Waals surface area contributed by atoms with Gasteiger partial charge < -0.3 is 9.64 Å². The summed E-state index contributed by atoms with van der Waals surface area (Å²) in [6, 6.07) is 7.77. The lowest BCUT2D eigenvalue weighted by molar-refractivity contribution is 0.0789. The fourth-order valence-corrected chi connectivity index (χ4v) is 3.65. The summed E-state index contributed by atoms with van der Waals surface area (Å²) in [6.45, 7) is 4.29. The number of nitrogens with zero attached hydrogens (tertiary/aromatic N) is 3. The molecule has 0 aliphatic heterocycles. The van der Waals surface area contributed by atoms with Crippen LogP contribution in [0.25, 0.3) is 10.9 Å². The van der Waals surface area contributed by atoms with Crippen LogP contribution < -0.4 is 4.74 Å². The van der Waals surface area contributed by atoms with Crippen LogP contribution in [0.3, 0.4) is 0 Å². The highest BCUT2D eigenvalue weighted by Gasteiger charge is 2.19. The minimum absolute atomic E-state index is 0.00837. The summed E-state index contributed by atoms with van der Waals surface area (Å²) >= 11 is 1.44. The molecule has 1 amide bonds. The Kier molecular flexibility index (Phi) is 4.49. The molecular weight excluding hydrogens is 322 g/mol. The van der Waals surface area contributed by atoms with Gasteiger partial charge in [0.25, 0.3) is 5.91 Å². The first kappa shape index (κ1) is 16.4. The van der Waals surface area contributed by atoms with Crippen molar-refractivity contribution in [3.63, 3.8) is 0 Å². The van der Waals surface area contributed by atoms with Gasteiger partial charge in [0.1, 0.15) is 16.1 Å². The van der Waals surface area contributed by atoms with E-state index >= 15 is 0 Å². The lowest BCUT2D eigenvalue weighted by atomic mass is 10.1. The van der Waals surface area contributed by atoms with Crippen LogP contribution in [0.5, 0.6) is 5.75 Å². The van der Waals surface area contributed by atoms with Crippen LogP contribution in [0.4, 0.5) is 0 Å². The Hall–Kier alpha value is -2.47. The second kappa shape index (κ2) is 6.57. The molecule has 0 saturated carbocycles. The van der Waals surface area contributed by atoms with E-state index in [-0.39, 0.29) is 5.91 Å². The first-order valence-corrected chi connectivity index (χ1v) is 8.43. The molecule has 1 aromatic carbocycles. The molecule has 24 heavy (non-hydrogen) atoms. The highest BCUT2D eigenvalue weighted by molar-refractivity contribution is 7.13. The molecule has 2 aromatic heterocycles. The standard InChI is InChI=1S/C18H19N3O2S/c1-11-17(24-12(2)20-11)18(22)21(3)10-13-7-8-15(23-4)16-14(13)6-5-9-19-16/h5-9H,10H2,1-4H3. The molecule has 0 unspecified atom stereocenters. The van der Waals surface area contributed by atoms with Gasteiger partial charge in [-0.15, -0.1) is 11.3 Å². The largest absolute Gasteiger partial charge is 0.494 e. The zero-order valence-corrected chi connectivity index (χ0v) is 15.0. The molecule has 0 radical (unpaired) electrons. The van der Waals surface area contributed by atoms with Crippen molar-refractivity contribution >= 4 is 28.1 Å². The number of methoxy groups -OCH3 is 1. The monoisotopic (exact) mass is 341 g/mol. The van der Waals surface area contributed by atoms with Crippen molar-refractivity contribution in [3.05, 3.63) is 51.6 Å². The molecule has 0 N–H and O–H groups in total. The maximum absolute atomic E-state index is 12.7. The van der Waals surface area contributed by atoms with Crippen LogP contribution in [0.2, 0.25) is 0 Å². The number of fused-ring (bicyclic) bond motifs is 1. The smallest absolute Gasteiger partial charge is 0.265 e. The fourth-order valence-electron chi connectivity index (χ4n) is 2.74. The topological polar surface area (TPSA) is 55.3 Å². The molecule has 124 valence electrons. The zero-order valence-electron chi connectivity index (χ0n) is 14.2. The number of aromatic nitrogens is 2. The molecule has 0 aliphatic rings. The number of pyridine rings is 1. The van der Waals surface area contributed by atoms with Crippen molar-refractivity contribution in [2.24, 2.45) is 0 Å². The average molecular weight is 341 g/mol. The summed E-state index contributed by atoms with van der Waals surface area (Å²) in [5.74, 6) is 0.725. The summed E-state index contributed by atoms with van der Waals surface area (Å²) < 4.78 is 5.37. The van der Waals surface area contributed by atoms with Crippen molar-refractivity contribution < 1.29 is 9.53 Å². The zero-order chi connectivity index (χ0) is 17.3. The van der Waals surface area contributed by atoms with Crippen molar-refractivity contribution in [2.75, 3.05) is 14.2 Å².